The average molecular weight is 245 g/mol. The van der Waals surface area contributed by atoms with Gasteiger partial charge in [0.2, 0.25) is 0 Å². The van der Waals surface area contributed by atoms with Gasteiger partial charge in [0.1, 0.15) is 0 Å². The van der Waals surface area contributed by atoms with Crippen molar-refractivity contribution < 1.29 is 8.42 Å². The Kier molecular flexibility index (Phi) is 2.44. The molecular weight excluding hydrogens is 236 g/mol. The molecule has 2 aromatic rings. The molecule has 6 heteroatoms. The summed E-state index contributed by atoms with van der Waals surface area (Å²) in [4.78, 5) is 0.104. The molecule has 0 radical (unpaired) electrons. The number of hydrogen-bond acceptors (Lipinski definition) is 3. The first-order valence-electron chi connectivity index (χ1n) is 4.42. The van der Waals surface area contributed by atoms with Crippen LogP contribution in [0.3, 0.4) is 0 Å². The van der Waals surface area contributed by atoms with E-state index in [0.717, 1.165) is 17.4 Å². The Hall–Kier alpha value is -1.07. The van der Waals surface area contributed by atoms with Gasteiger partial charge in [0, 0.05) is 22.6 Å². The molecule has 0 atom stereocenters. The minimum Gasteiger partial charge on any atom is -0.265 e. The van der Waals surface area contributed by atoms with Crippen molar-refractivity contribution in [3.8, 4) is 0 Å². The second-order valence-corrected chi connectivity index (χ2v) is 5.68. The van der Waals surface area contributed by atoms with Gasteiger partial charge in [0.15, 0.2) is 0 Å². The quantitative estimate of drug-likeness (QED) is 0.759. The normalized spacial score (nSPS) is 12.1. The van der Waals surface area contributed by atoms with Gasteiger partial charge in [-0.2, -0.15) is 5.10 Å². The van der Waals surface area contributed by atoms with E-state index in [-0.39, 0.29) is 4.90 Å². The van der Waals surface area contributed by atoms with Crippen molar-refractivity contribution in [1.29, 1.82) is 0 Å². The molecule has 0 aliphatic rings. The highest BCUT2D eigenvalue weighted by Crippen LogP contribution is 2.21. The molecule has 0 fully saturated rings. The zero-order valence-corrected chi connectivity index (χ0v) is 9.59. The molecule has 0 unspecified atom stereocenters. The third kappa shape index (κ3) is 1.85. The topological polar surface area (TPSA) is 52.0 Å². The number of aromatic nitrogens is 2. The van der Waals surface area contributed by atoms with Crippen molar-refractivity contribution in [1.82, 2.24) is 9.78 Å². The van der Waals surface area contributed by atoms with Crippen LogP contribution < -0.4 is 0 Å². The van der Waals surface area contributed by atoms with E-state index >= 15 is 0 Å². The molecule has 80 valence electrons. The van der Waals surface area contributed by atoms with Crippen LogP contribution in [0.2, 0.25) is 0 Å². The third-order valence-corrected chi connectivity index (χ3v) is 3.55. The van der Waals surface area contributed by atoms with Gasteiger partial charge < -0.3 is 0 Å². The fourth-order valence-electron chi connectivity index (χ4n) is 1.47. The molecule has 0 saturated carbocycles. The number of benzene rings is 1. The van der Waals surface area contributed by atoms with E-state index in [1.54, 1.807) is 16.9 Å². The van der Waals surface area contributed by atoms with Gasteiger partial charge in [-0.15, -0.1) is 0 Å². The van der Waals surface area contributed by atoms with E-state index in [1.165, 1.54) is 12.1 Å². The number of halogens is 1. The lowest BCUT2D eigenvalue weighted by atomic mass is 10.2. The highest BCUT2D eigenvalue weighted by molar-refractivity contribution is 8.13. The number of hydrogen-bond donors (Lipinski definition) is 0. The van der Waals surface area contributed by atoms with Gasteiger partial charge in [0.25, 0.3) is 9.05 Å². The molecule has 0 aliphatic heterocycles. The molecule has 0 bridgehead atoms. The largest absolute Gasteiger partial charge is 0.265 e. The lowest BCUT2D eigenvalue weighted by Crippen LogP contribution is -1.95. The summed E-state index contributed by atoms with van der Waals surface area (Å²) in [6, 6.07) is 4.72. The summed E-state index contributed by atoms with van der Waals surface area (Å²) in [6.07, 6.45) is 1.63. The molecular formula is C9H9ClN2O2S. The van der Waals surface area contributed by atoms with Crippen LogP contribution in [0.4, 0.5) is 0 Å². The maximum atomic E-state index is 11.1. The Morgan fingerprint density at radius 2 is 2.20 bits per heavy atom. The Labute approximate surface area is 91.9 Å². The molecule has 1 heterocycles. The average Bonchev–Trinajstić information content (AvgIpc) is 2.58. The van der Waals surface area contributed by atoms with Crippen LogP contribution in [0.25, 0.3) is 10.9 Å². The van der Waals surface area contributed by atoms with Gasteiger partial charge in [-0.3, -0.25) is 4.68 Å². The second kappa shape index (κ2) is 3.50. The highest BCUT2D eigenvalue weighted by Gasteiger charge is 2.11. The van der Waals surface area contributed by atoms with E-state index in [2.05, 4.69) is 5.10 Å². The van der Waals surface area contributed by atoms with Gasteiger partial charge in [-0.05, 0) is 25.1 Å². The molecule has 0 aliphatic carbocycles. The minimum absolute atomic E-state index is 0.104. The summed E-state index contributed by atoms with van der Waals surface area (Å²) >= 11 is 0. The fraction of sp³-hybridized carbons (Fsp3) is 0.222. The van der Waals surface area contributed by atoms with E-state index < -0.39 is 9.05 Å². The summed E-state index contributed by atoms with van der Waals surface area (Å²) in [7, 11) is 1.59. The lowest BCUT2D eigenvalue weighted by molar-refractivity contribution is 0.609. The van der Waals surface area contributed by atoms with Gasteiger partial charge in [-0.1, -0.05) is 0 Å². The zero-order valence-electron chi connectivity index (χ0n) is 8.01. The smallest absolute Gasteiger partial charge is 0.261 e. The predicted molar refractivity (Wildman–Crippen MR) is 58.4 cm³/mol. The first-order chi connectivity index (χ1) is 7.02. The molecule has 0 spiro atoms. The minimum atomic E-state index is -3.66. The second-order valence-electron chi connectivity index (χ2n) is 3.12. The molecule has 0 N–H and O–H groups in total. The SMILES string of the molecule is CCn1ncc2cc(S(=O)(=O)Cl)ccc21. The molecule has 2 rings (SSSR count). The summed E-state index contributed by atoms with van der Waals surface area (Å²) in [5.41, 5.74) is 0.904. The van der Waals surface area contributed by atoms with Gasteiger partial charge in [-0.25, -0.2) is 8.42 Å². The van der Waals surface area contributed by atoms with Crippen molar-refractivity contribution in [2.45, 2.75) is 18.4 Å². The number of rotatable bonds is 2. The van der Waals surface area contributed by atoms with Crippen LogP contribution in [0, 0.1) is 0 Å². The van der Waals surface area contributed by atoms with Crippen LogP contribution in [0.5, 0.6) is 0 Å². The van der Waals surface area contributed by atoms with Crippen LogP contribution in [-0.4, -0.2) is 18.2 Å². The standard InChI is InChI=1S/C9H9ClN2O2S/c1-2-12-9-4-3-8(15(10,13)14)5-7(9)6-11-12/h3-6H,2H2,1H3. The molecule has 1 aromatic carbocycles. The molecule has 1 aromatic heterocycles. The third-order valence-electron chi connectivity index (χ3n) is 2.19. The van der Waals surface area contributed by atoms with Crippen molar-refractivity contribution in [2.75, 3.05) is 0 Å². The van der Waals surface area contributed by atoms with Crippen molar-refractivity contribution in [2.24, 2.45) is 0 Å². The van der Waals surface area contributed by atoms with Crippen molar-refractivity contribution in [3.05, 3.63) is 24.4 Å². The summed E-state index contributed by atoms with van der Waals surface area (Å²) in [6.45, 7) is 2.72. The Bertz CT molecular complexity index is 604. The molecule has 4 nitrogen and oxygen atoms in total. The van der Waals surface area contributed by atoms with E-state index in [0.29, 0.717) is 0 Å². The number of aryl methyl sites for hydroxylation is 1. The maximum absolute atomic E-state index is 11.1. The zero-order chi connectivity index (χ0) is 11.1. The first kappa shape index (κ1) is 10.4. The van der Waals surface area contributed by atoms with E-state index in [9.17, 15) is 8.42 Å². The maximum Gasteiger partial charge on any atom is 0.261 e. The van der Waals surface area contributed by atoms with Crippen molar-refractivity contribution in [3.63, 3.8) is 0 Å². The predicted octanol–water partition coefficient (Wildman–Crippen LogP) is 1.98. The Balaban J connectivity index is 2.69. The molecule has 0 amide bonds. The Morgan fingerprint density at radius 1 is 1.47 bits per heavy atom. The van der Waals surface area contributed by atoms with E-state index in [1.807, 2.05) is 6.92 Å². The summed E-state index contributed by atoms with van der Waals surface area (Å²) in [5.74, 6) is 0. The van der Waals surface area contributed by atoms with E-state index in [4.69, 9.17) is 10.7 Å². The lowest BCUT2D eigenvalue weighted by Gasteiger charge is -1.99. The fourth-order valence-corrected chi connectivity index (χ4v) is 2.26. The summed E-state index contributed by atoms with van der Waals surface area (Å²) < 4.78 is 24.0. The molecule has 15 heavy (non-hydrogen) atoms. The van der Waals surface area contributed by atoms with Crippen LogP contribution >= 0.6 is 10.7 Å². The Morgan fingerprint density at radius 3 is 2.80 bits per heavy atom. The van der Waals surface area contributed by atoms with Crippen LogP contribution in [-0.2, 0) is 15.6 Å². The molecule has 0 saturated heterocycles. The van der Waals surface area contributed by atoms with Gasteiger partial charge >= 0.3 is 0 Å². The number of nitrogens with zero attached hydrogens (tertiary/aromatic N) is 2. The monoisotopic (exact) mass is 244 g/mol. The van der Waals surface area contributed by atoms with Crippen LogP contribution in [0.1, 0.15) is 6.92 Å². The highest BCUT2D eigenvalue weighted by atomic mass is 35.7. The van der Waals surface area contributed by atoms with Gasteiger partial charge in [0.05, 0.1) is 16.6 Å². The van der Waals surface area contributed by atoms with Crippen molar-refractivity contribution >= 4 is 30.6 Å². The first-order valence-corrected chi connectivity index (χ1v) is 6.73. The van der Waals surface area contributed by atoms with Crippen LogP contribution in [0.15, 0.2) is 29.3 Å². The summed E-state index contributed by atoms with van der Waals surface area (Å²) in [5, 5.41) is 4.89. The number of fused-ring (bicyclic) bond motifs is 1.